The van der Waals surface area contributed by atoms with E-state index in [1.807, 2.05) is 6.92 Å². The van der Waals surface area contributed by atoms with Crippen LogP contribution in [0.3, 0.4) is 0 Å². The minimum absolute atomic E-state index is 0.0446. The lowest BCUT2D eigenvalue weighted by atomic mass is 9.97. The van der Waals surface area contributed by atoms with Crippen molar-refractivity contribution in [3.05, 3.63) is 0 Å². The van der Waals surface area contributed by atoms with Gasteiger partial charge in [-0.05, 0) is 33.2 Å². The molecular formula is C12H23NO3. The van der Waals surface area contributed by atoms with Crippen molar-refractivity contribution in [3.8, 4) is 0 Å². The van der Waals surface area contributed by atoms with Gasteiger partial charge in [0.25, 0.3) is 0 Å². The fourth-order valence-corrected chi connectivity index (χ4v) is 2.21. The van der Waals surface area contributed by atoms with E-state index in [-0.39, 0.29) is 11.9 Å². The summed E-state index contributed by atoms with van der Waals surface area (Å²) in [5.41, 5.74) is 0. The average molecular weight is 229 g/mol. The maximum absolute atomic E-state index is 11.6. The largest absolute Gasteiger partial charge is 0.466 e. The molecule has 0 aliphatic carbocycles. The maximum Gasteiger partial charge on any atom is 0.310 e. The molecule has 2 atom stereocenters. The molecule has 1 aliphatic heterocycles. The van der Waals surface area contributed by atoms with Crippen LogP contribution in [0.2, 0.25) is 0 Å². The molecule has 1 saturated heterocycles. The number of esters is 1. The number of likely N-dealkylation sites (tertiary alicyclic amines) is 1. The third kappa shape index (κ3) is 3.76. The number of hydrogen-bond acceptors (Lipinski definition) is 4. The van der Waals surface area contributed by atoms with Crippen LogP contribution in [0.4, 0.5) is 0 Å². The van der Waals surface area contributed by atoms with Crippen molar-refractivity contribution in [1.82, 2.24) is 4.90 Å². The van der Waals surface area contributed by atoms with Crippen molar-refractivity contribution < 1.29 is 14.3 Å². The second kappa shape index (κ2) is 6.86. The topological polar surface area (TPSA) is 38.8 Å². The molecule has 0 saturated carbocycles. The smallest absolute Gasteiger partial charge is 0.310 e. The minimum Gasteiger partial charge on any atom is -0.466 e. The van der Waals surface area contributed by atoms with Gasteiger partial charge in [-0.3, -0.25) is 9.69 Å². The van der Waals surface area contributed by atoms with Crippen LogP contribution in [-0.2, 0) is 14.3 Å². The molecule has 16 heavy (non-hydrogen) atoms. The zero-order valence-corrected chi connectivity index (χ0v) is 10.6. The molecule has 0 radical (unpaired) electrons. The summed E-state index contributed by atoms with van der Waals surface area (Å²) in [4.78, 5) is 14.0. The molecule has 0 bridgehead atoms. The van der Waals surface area contributed by atoms with Crippen molar-refractivity contribution in [1.29, 1.82) is 0 Å². The highest BCUT2D eigenvalue weighted by atomic mass is 16.5. The van der Waals surface area contributed by atoms with Gasteiger partial charge in [-0.1, -0.05) is 0 Å². The second-order valence-corrected chi connectivity index (χ2v) is 4.39. The maximum atomic E-state index is 11.6. The number of carbonyl (C=O) groups is 1. The van der Waals surface area contributed by atoms with Gasteiger partial charge in [0.15, 0.2) is 0 Å². The van der Waals surface area contributed by atoms with Crippen LogP contribution in [-0.4, -0.2) is 50.3 Å². The summed E-state index contributed by atoms with van der Waals surface area (Å²) in [5, 5.41) is 0. The number of rotatable bonds is 5. The molecule has 1 rings (SSSR count). The van der Waals surface area contributed by atoms with E-state index in [4.69, 9.17) is 9.47 Å². The lowest BCUT2D eigenvalue weighted by molar-refractivity contribution is -0.150. The van der Waals surface area contributed by atoms with Gasteiger partial charge in [-0.15, -0.1) is 0 Å². The highest BCUT2D eigenvalue weighted by Crippen LogP contribution is 2.19. The Balaban J connectivity index is 2.43. The molecule has 0 amide bonds. The van der Waals surface area contributed by atoms with E-state index in [0.717, 1.165) is 32.5 Å². The summed E-state index contributed by atoms with van der Waals surface area (Å²) in [6.45, 7) is 7.05. The Morgan fingerprint density at radius 3 is 2.94 bits per heavy atom. The Kier molecular flexibility index (Phi) is 5.77. The van der Waals surface area contributed by atoms with E-state index in [0.29, 0.717) is 12.6 Å². The first-order valence-corrected chi connectivity index (χ1v) is 6.08. The Labute approximate surface area is 97.9 Å². The second-order valence-electron chi connectivity index (χ2n) is 4.39. The molecule has 0 aromatic carbocycles. The van der Waals surface area contributed by atoms with Crippen LogP contribution in [0.1, 0.15) is 26.7 Å². The molecule has 2 unspecified atom stereocenters. The highest BCUT2D eigenvalue weighted by Gasteiger charge is 2.28. The molecule has 0 aromatic heterocycles. The van der Waals surface area contributed by atoms with Gasteiger partial charge < -0.3 is 9.47 Å². The monoisotopic (exact) mass is 229 g/mol. The molecule has 4 nitrogen and oxygen atoms in total. The molecule has 0 N–H and O–H groups in total. The first kappa shape index (κ1) is 13.5. The average Bonchev–Trinajstić information content (AvgIpc) is 2.30. The van der Waals surface area contributed by atoms with Gasteiger partial charge in [0.1, 0.15) is 0 Å². The number of ether oxygens (including phenoxy) is 2. The predicted molar refractivity (Wildman–Crippen MR) is 62.3 cm³/mol. The minimum atomic E-state index is -0.0446. The van der Waals surface area contributed by atoms with E-state index in [9.17, 15) is 4.79 Å². The zero-order chi connectivity index (χ0) is 12.0. The fourth-order valence-electron chi connectivity index (χ4n) is 2.21. The molecular weight excluding hydrogens is 206 g/mol. The third-order valence-corrected chi connectivity index (χ3v) is 3.10. The Morgan fingerprint density at radius 2 is 2.31 bits per heavy atom. The van der Waals surface area contributed by atoms with Crippen molar-refractivity contribution >= 4 is 5.97 Å². The van der Waals surface area contributed by atoms with Crippen molar-refractivity contribution in [2.45, 2.75) is 32.7 Å². The molecule has 1 heterocycles. The number of hydrogen-bond donors (Lipinski definition) is 0. The van der Waals surface area contributed by atoms with Crippen LogP contribution in [0, 0.1) is 5.92 Å². The number of carbonyl (C=O) groups excluding carboxylic acids is 1. The van der Waals surface area contributed by atoms with Crippen LogP contribution in [0.25, 0.3) is 0 Å². The summed E-state index contributed by atoms with van der Waals surface area (Å²) in [6.07, 6.45) is 2.02. The normalized spacial score (nSPS) is 24.1. The van der Waals surface area contributed by atoms with Crippen LogP contribution in [0.5, 0.6) is 0 Å². The van der Waals surface area contributed by atoms with E-state index in [1.54, 1.807) is 7.11 Å². The first-order valence-electron chi connectivity index (χ1n) is 6.08. The van der Waals surface area contributed by atoms with Crippen LogP contribution < -0.4 is 0 Å². The Hall–Kier alpha value is -0.610. The van der Waals surface area contributed by atoms with Gasteiger partial charge in [0.2, 0.25) is 0 Å². The van der Waals surface area contributed by atoms with Crippen molar-refractivity contribution in [2.24, 2.45) is 5.92 Å². The van der Waals surface area contributed by atoms with Crippen molar-refractivity contribution in [2.75, 3.05) is 33.4 Å². The van der Waals surface area contributed by atoms with Gasteiger partial charge in [-0.2, -0.15) is 0 Å². The lowest BCUT2D eigenvalue weighted by Gasteiger charge is -2.35. The fraction of sp³-hybridized carbons (Fsp3) is 0.917. The number of nitrogens with zero attached hydrogens (tertiary/aromatic N) is 1. The Bertz CT molecular complexity index is 220. The summed E-state index contributed by atoms with van der Waals surface area (Å²) in [6, 6.07) is 0.377. The highest BCUT2D eigenvalue weighted by molar-refractivity contribution is 5.72. The molecule has 0 aromatic rings. The number of methoxy groups -OCH3 is 1. The standard InChI is InChI=1S/C12H23NO3/c1-4-16-12(14)11-6-5-7-13(8-11)10(2)9-15-3/h10-11H,4-9H2,1-3H3. The van der Waals surface area contributed by atoms with Crippen molar-refractivity contribution in [3.63, 3.8) is 0 Å². The van der Waals surface area contributed by atoms with Crippen LogP contribution >= 0.6 is 0 Å². The number of piperidine rings is 1. The summed E-state index contributed by atoms with van der Waals surface area (Å²) < 4.78 is 10.2. The zero-order valence-electron chi connectivity index (χ0n) is 10.6. The quantitative estimate of drug-likeness (QED) is 0.666. The molecule has 4 heteroatoms. The van der Waals surface area contributed by atoms with E-state index in [2.05, 4.69) is 11.8 Å². The molecule has 94 valence electrons. The third-order valence-electron chi connectivity index (χ3n) is 3.10. The molecule has 1 fully saturated rings. The summed E-state index contributed by atoms with van der Waals surface area (Å²) >= 11 is 0. The van der Waals surface area contributed by atoms with E-state index in [1.165, 1.54) is 0 Å². The van der Waals surface area contributed by atoms with E-state index < -0.39 is 0 Å². The van der Waals surface area contributed by atoms with Gasteiger partial charge in [0, 0.05) is 19.7 Å². The van der Waals surface area contributed by atoms with Gasteiger partial charge in [-0.25, -0.2) is 0 Å². The van der Waals surface area contributed by atoms with Crippen LogP contribution in [0.15, 0.2) is 0 Å². The van der Waals surface area contributed by atoms with Gasteiger partial charge in [0.05, 0.1) is 19.1 Å². The molecule has 1 aliphatic rings. The van der Waals surface area contributed by atoms with E-state index >= 15 is 0 Å². The summed E-state index contributed by atoms with van der Waals surface area (Å²) in [7, 11) is 1.71. The predicted octanol–water partition coefficient (Wildman–Crippen LogP) is 1.30. The van der Waals surface area contributed by atoms with Gasteiger partial charge >= 0.3 is 5.97 Å². The molecule has 0 spiro atoms. The Morgan fingerprint density at radius 1 is 1.56 bits per heavy atom. The SMILES string of the molecule is CCOC(=O)C1CCCN(C(C)COC)C1. The lowest BCUT2D eigenvalue weighted by Crippen LogP contribution is -2.45. The summed E-state index contributed by atoms with van der Waals surface area (Å²) in [5.74, 6) is 0.00447. The first-order chi connectivity index (χ1) is 7.69.